The quantitative estimate of drug-likeness (QED) is 0.121. The van der Waals surface area contributed by atoms with Gasteiger partial charge in [0.25, 0.3) is 0 Å². The molecule has 0 aliphatic rings. The average Bonchev–Trinajstić information content (AvgIpc) is 4.10. The van der Waals surface area contributed by atoms with Gasteiger partial charge >= 0.3 is 0 Å². The van der Waals surface area contributed by atoms with E-state index in [4.69, 9.17) is 0 Å². The van der Waals surface area contributed by atoms with Gasteiger partial charge in [-0.15, -0.1) is 0 Å². The number of benzene rings is 10. The normalized spacial score (nSPS) is 12.0. The number of fused-ring (bicyclic) bond motifs is 7. The lowest BCUT2D eigenvalue weighted by atomic mass is 9.79. The Morgan fingerprint density at radius 3 is 1.21 bits per heavy atom. The van der Waals surface area contributed by atoms with Gasteiger partial charge < -0.3 is 13.7 Å². The Hall–Kier alpha value is -9.18. The summed E-state index contributed by atoms with van der Waals surface area (Å²) in [7, 11) is 0. The van der Waals surface area contributed by atoms with Crippen LogP contribution in [0.25, 0.3) is 116 Å². The third-order valence-corrected chi connectivity index (χ3v) is 14.6. The SMILES string of the molecule is C/C=C\C=C/Cc1ccc(C)n1-c1ccc(-c2c(-c3ccccc3)c(-c3ccccc3)c(-c3ccc(-n4c5ccccc5c5ccccc54)cc3)c3ccc(-n4c5ccccc5c5ccccc54)cc23)cc1. The monoisotopic (exact) mass is 921 g/mol. The second-order valence-electron chi connectivity index (χ2n) is 18.8. The predicted octanol–water partition coefficient (Wildman–Crippen LogP) is 18.5. The molecule has 0 spiro atoms. The van der Waals surface area contributed by atoms with E-state index < -0.39 is 0 Å². The van der Waals surface area contributed by atoms with Gasteiger partial charge in [-0.05, 0) is 142 Å². The second-order valence-corrected chi connectivity index (χ2v) is 18.8. The highest BCUT2D eigenvalue weighted by Gasteiger charge is 2.26. The van der Waals surface area contributed by atoms with Crippen LogP contribution in [0.3, 0.4) is 0 Å². The molecule has 0 radical (unpaired) electrons. The van der Waals surface area contributed by atoms with E-state index in [1.54, 1.807) is 0 Å². The van der Waals surface area contributed by atoms with Crippen LogP contribution in [0.5, 0.6) is 0 Å². The van der Waals surface area contributed by atoms with E-state index in [1.165, 1.54) is 99.2 Å². The van der Waals surface area contributed by atoms with E-state index >= 15 is 0 Å². The summed E-state index contributed by atoms with van der Waals surface area (Å²) in [6.45, 7) is 4.25. The van der Waals surface area contributed by atoms with Crippen LogP contribution >= 0.6 is 0 Å². The molecule has 72 heavy (non-hydrogen) atoms. The Kier molecular flexibility index (Phi) is 10.7. The first-order valence-electron chi connectivity index (χ1n) is 25.0. The minimum Gasteiger partial charge on any atom is -0.318 e. The Bertz CT molecular complexity index is 4110. The van der Waals surface area contributed by atoms with Crippen LogP contribution in [0, 0.1) is 6.92 Å². The first-order valence-corrected chi connectivity index (χ1v) is 25.0. The van der Waals surface area contributed by atoms with Crippen molar-refractivity contribution >= 4 is 54.4 Å². The summed E-state index contributed by atoms with van der Waals surface area (Å²) in [5, 5.41) is 7.38. The van der Waals surface area contributed by atoms with E-state index in [2.05, 4.69) is 288 Å². The molecule has 0 saturated carbocycles. The molecule has 0 aliphatic carbocycles. The van der Waals surface area contributed by atoms with Crippen molar-refractivity contribution in [1.29, 1.82) is 0 Å². The van der Waals surface area contributed by atoms with E-state index in [0.717, 1.165) is 34.6 Å². The smallest absolute Gasteiger partial charge is 0.0541 e. The molecule has 3 aromatic heterocycles. The largest absolute Gasteiger partial charge is 0.318 e. The van der Waals surface area contributed by atoms with E-state index in [0.29, 0.717) is 0 Å². The molecule has 10 aromatic carbocycles. The summed E-state index contributed by atoms with van der Waals surface area (Å²) in [5.74, 6) is 0. The molecule has 0 amide bonds. The van der Waals surface area contributed by atoms with Gasteiger partial charge in [-0.25, -0.2) is 0 Å². The number of aromatic nitrogens is 3. The van der Waals surface area contributed by atoms with Crippen molar-refractivity contribution in [1.82, 2.24) is 13.7 Å². The number of nitrogens with zero attached hydrogens (tertiary/aromatic N) is 3. The van der Waals surface area contributed by atoms with Crippen LogP contribution in [0.2, 0.25) is 0 Å². The molecule has 0 N–H and O–H groups in total. The first kappa shape index (κ1) is 42.9. The minimum atomic E-state index is 0.843. The third kappa shape index (κ3) is 7.12. The van der Waals surface area contributed by atoms with E-state index in [1.807, 2.05) is 0 Å². The van der Waals surface area contributed by atoms with Crippen molar-refractivity contribution < 1.29 is 0 Å². The van der Waals surface area contributed by atoms with Crippen molar-refractivity contribution in [3.05, 3.63) is 272 Å². The van der Waals surface area contributed by atoms with Crippen LogP contribution in [-0.4, -0.2) is 13.7 Å². The molecular weight excluding hydrogens is 871 g/mol. The molecule has 3 nitrogen and oxygen atoms in total. The minimum absolute atomic E-state index is 0.843. The number of hydrogen-bond donors (Lipinski definition) is 0. The van der Waals surface area contributed by atoms with E-state index in [-0.39, 0.29) is 0 Å². The molecule has 0 aliphatic heterocycles. The summed E-state index contributed by atoms with van der Waals surface area (Å²) >= 11 is 0. The zero-order valence-electron chi connectivity index (χ0n) is 40.4. The molecule has 0 unspecified atom stereocenters. The zero-order chi connectivity index (χ0) is 48.1. The lowest BCUT2D eigenvalue weighted by molar-refractivity contribution is 0.935. The highest BCUT2D eigenvalue weighted by molar-refractivity contribution is 6.19. The Balaban J connectivity index is 1.11. The fraction of sp³-hybridized carbons (Fsp3) is 0.0435. The van der Waals surface area contributed by atoms with Crippen molar-refractivity contribution in [3.63, 3.8) is 0 Å². The molecule has 13 rings (SSSR count). The molecule has 0 atom stereocenters. The fourth-order valence-corrected chi connectivity index (χ4v) is 11.5. The van der Waals surface area contributed by atoms with Crippen LogP contribution < -0.4 is 0 Å². The maximum Gasteiger partial charge on any atom is 0.0541 e. The summed E-state index contributed by atoms with van der Waals surface area (Å²) < 4.78 is 7.25. The summed E-state index contributed by atoms with van der Waals surface area (Å²) in [6.07, 6.45) is 9.37. The molecule has 0 bridgehead atoms. The van der Waals surface area contributed by atoms with Gasteiger partial charge in [-0.2, -0.15) is 0 Å². The van der Waals surface area contributed by atoms with Gasteiger partial charge in [0.1, 0.15) is 0 Å². The first-order chi connectivity index (χ1) is 35.6. The lowest BCUT2D eigenvalue weighted by Gasteiger charge is -2.25. The lowest BCUT2D eigenvalue weighted by Crippen LogP contribution is -2.02. The predicted molar refractivity (Wildman–Crippen MR) is 306 cm³/mol. The Labute approximate surface area is 420 Å². The highest BCUT2D eigenvalue weighted by atomic mass is 15.0. The molecule has 3 heteroatoms. The molecule has 3 heterocycles. The summed E-state index contributed by atoms with van der Waals surface area (Å²) in [5.41, 5.74) is 20.1. The van der Waals surface area contributed by atoms with Crippen LogP contribution in [0.1, 0.15) is 18.3 Å². The summed E-state index contributed by atoms with van der Waals surface area (Å²) in [6, 6.07) is 87.5. The fourth-order valence-electron chi connectivity index (χ4n) is 11.5. The zero-order valence-corrected chi connectivity index (χ0v) is 40.4. The number of rotatable bonds is 10. The van der Waals surface area contributed by atoms with Gasteiger partial charge in [-0.1, -0.05) is 188 Å². The third-order valence-electron chi connectivity index (χ3n) is 14.6. The van der Waals surface area contributed by atoms with Gasteiger partial charge in [0.15, 0.2) is 0 Å². The average molecular weight is 922 g/mol. The molecule has 0 saturated heterocycles. The Morgan fingerprint density at radius 2 is 0.722 bits per heavy atom. The Morgan fingerprint density at radius 1 is 0.319 bits per heavy atom. The number of hydrogen-bond acceptors (Lipinski definition) is 0. The molecule has 13 aromatic rings. The second kappa shape index (κ2) is 18.0. The van der Waals surface area contributed by atoms with Crippen molar-refractivity contribution in [2.45, 2.75) is 20.3 Å². The van der Waals surface area contributed by atoms with Crippen molar-refractivity contribution in [3.8, 4) is 61.6 Å². The van der Waals surface area contributed by atoms with Gasteiger partial charge in [0.05, 0.1) is 22.1 Å². The number of aryl methyl sites for hydroxylation is 1. The maximum absolute atomic E-state index is 2.46. The van der Waals surface area contributed by atoms with Crippen LogP contribution in [0.15, 0.2) is 261 Å². The maximum atomic E-state index is 2.46. The van der Waals surface area contributed by atoms with Crippen molar-refractivity contribution in [2.24, 2.45) is 0 Å². The van der Waals surface area contributed by atoms with Crippen LogP contribution in [-0.2, 0) is 6.42 Å². The highest BCUT2D eigenvalue weighted by Crippen LogP contribution is 2.52. The molecule has 0 fully saturated rings. The standard InChI is InChI=1S/C69H51N3/c1-3-4-5-12-25-52-39-34-47(2)70(52)53-40-35-51(36-41-53)67-61-46-55(72-64-32-19-15-28-58(64)59-29-16-20-33-65(59)72)44-45-60(61)66(68(48-21-8-6-9-22-48)69(67)49-23-10-7-11-24-49)50-37-42-54(43-38-50)71-62-30-17-13-26-56(62)57-27-14-18-31-63(57)71/h3-24,26-46H,25H2,1-2H3/b4-3-,12-5-. The topological polar surface area (TPSA) is 14.8 Å². The molecular formula is C69H51N3. The van der Waals surface area contributed by atoms with Gasteiger partial charge in [-0.3, -0.25) is 0 Å². The molecule has 342 valence electrons. The summed E-state index contributed by atoms with van der Waals surface area (Å²) in [4.78, 5) is 0. The van der Waals surface area contributed by atoms with Gasteiger partial charge in [0.2, 0.25) is 0 Å². The number of para-hydroxylation sites is 4. The van der Waals surface area contributed by atoms with Crippen molar-refractivity contribution in [2.75, 3.05) is 0 Å². The van der Waals surface area contributed by atoms with E-state index in [9.17, 15) is 0 Å². The van der Waals surface area contributed by atoms with Crippen LogP contribution in [0.4, 0.5) is 0 Å². The number of allylic oxidation sites excluding steroid dienone is 4. The van der Waals surface area contributed by atoms with Gasteiger partial charge in [0, 0.05) is 56.4 Å².